The van der Waals surface area contributed by atoms with E-state index in [2.05, 4.69) is 12.1 Å². The van der Waals surface area contributed by atoms with E-state index >= 15 is 0 Å². The van der Waals surface area contributed by atoms with Gasteiger partial charge in [0.2, 0.25) is 0 Å². The summed E-state index contributed by atoms with van der Waals surface area (Å²) in [6.07, 6.45) is 0. The molecule has 0 heterocycles. The van der Waals surface area contributed by atoms with Crippen molar-refractivity contribution in [3.63, 3.8) is 0 Å². The smallest absolute Gasteiger partial charge is 0.137 e. The highest BCUT2D eigenvalue weighted by Crippen LogP contribution is 2.22. The van der Waals surface area contributed by atoms with Crippen molar-refractivity contribution in [3.8, 4) is 17.9 Å². The number of hydrogen-bond donors (Lipinski definition) is 1. The predicted octanol–water partition coefficient (Wildman–Crippen LogP) is 2.90. The molecular weight excluding hydrogens is 250 g/mol. The first-order valence-electron chi connectivity index (χ1n) is 6.06. The van der Waals surface area contributed by atoms with Crippen LogP contribution in [-0.2, 0) is 6.61 Å². The van der Waals surface area contributed by atoms with E-state index in [0.29, 0.717) is 29.2 Å². The Kier molecular flexibility index (Phi) is 3.88. The maximum absolute atomic E-state index is 9.04. The number of nitrogen functional groups attached to an aromatic ring is 1. The fraction of sp³-hybridized carbons (Fsp3) is 0.125. The molecule has 98 valence electrons. The van der Waals surface area contributed by atoms with E-state index in [-0.39, 0.29) is 0 Å². The molecule has 2 N–H and O–H groups in total. The third-order valence-electron chi connectivity index (χ3n) is 2.98. The van der Waals surface area contributed by atoms with E-state index in [9.17, 15) is 0 Å². The average molecular weight is 263 g/mol. The standard InChI is InChI=1S/C16H13N3O/c1-11-6-12(8-17)2-3-13(11)10-20-16-5-4-15(19)7-14(16)9-18/h2-7H,10,19H2,1H3. The van der Waals surface area contributed by atoms with Crippen LogP contribution in [0.5, 0.6) is 5.75 Å². The van der Waals surface area contributed by atoms with Crippen LogP contribution in [0.1, 0.15) is 22.3 Å². The Labute approximate surface area is 117 Å². The largest absolute Gasteiger partial charge is 0.488 e. The van der Waals surface area contributed by atoms with Gasteiger partial charge in [-0.3, -0.25) is 0 Å². The van der Waals surface area contributed by atoms with Gasteiger partial charge in [0, 0.05) is 5.69 Å². The maximum atomic E-state index is 9.04. The fourth-order valence-corrected chi connectivity index (χ4v) is 1.84. The Morgan fingerprint density at radius 3 is 2.55 bits per heavy atom. The van der Waals surface area contributed by atoms with Gasteiger partial charge in [-0.2, -0.15) is 10.5 Å². The highest BCUT2D eigenvalue weighted by atomic mass is 16.5. The van der Waals surface area contributed by atoms with Crippen LogP contribution in [0.25, 0.3) is 0 Å². The van der Waals surface area contributed by atoms with Crippen LogP contribution in [0.2, 0.25) is 0 Å². The van der Waals surface area contributed by atoms with E-state index in [1.165, 1.54) is 0 Å². The zero-order valence-electron chi connectivity index (χ0n) is 11.1. The van der Waals surface area contributed by atoms with Crippen LogP contribution < -0.4 is 10.5 Å². The number of benzene rings is 2. The molecule has 4 heteroatoms. The van der Waals surface area contributed by atoms with Crippen molar-refractivity contribution >= 4 is 5.69 Å². The zero-order valence-corrected chi connectivity index (χ0v) is 11.1. The van der Waals surface area contributed by atoms with Crippen LogP contribution in [0, 0.1) is 29.6 Å². The molecule has 0 aliphatic carbocycles. The Hall–Kier alpha value is -2.98. The first-order chi connectivity index (χ1) is 9.63. The van der Waals surface area contributed by atoms with Gasteiger partial charge < -0.3 is 10.5 Å². The van der Waals surface area contributed by atoms with E-state index in [4.69, 9.17) is 21.0 Å². The molecule has 0 aromatic heterocycles. The van der Waals surface area contributed by atoms with Gasteiger partial charge in [-0.1, -0.05) is 6.07 Å². The van der Waals surface area contributed by atoms with Crippen molar-refractivity contribution in [3.05, 3.63) is 58.7 Å². The van der Waals surface area contributed by atoms with Crippen molar-refractivity contribution in [1.29, 1.82) is 10.5 Å². The highest BCUT2D eigenvalue weighted by molar-refractivity contribution is 5.53. The molecule has 0 fully saturated rings. The summed E-state index contributed by atoms with van der Waals surface area (Å²) in [7, 11) is 0. The quantitative estimate of drug-likeness (QED) is 0.863. The van der Waals surface area contributed by atoms with Crippen molar-refractivity contribution in [2.75, 3.05) is 5.73 Å². The zero-order chi connectivity index (χ0) is 14.5. The first kappa shape index (κ1) is 13.5. The van der Waals surface area contributed by atoms with Crippen molar-refractivity contribution < 1.29 is 4.74 Å². The summed E-state index contributed by atoms with van der Waals surface area (Å²) >= 11 is 0. The molecule has 0 radical (unpaired) electrons. The summed E-state index contributed by atoms with van der Waals surface area (Å²) in [6, 6.07) is 14.5. The topological polar surface area (TPSA) is 82.8 Å². The minimum atomic E-state index is 0.343. The minimum Gasteiger partial charge on any atom is -0.488 e. The summed E-state index contributed by atoms with van der Waals surface area (Å²) in [6.45, 7) is 2.27. The molecule has 2 aromatic rings. The van der Waals surface area contributed by atoms with Crippen LogP contribution in [0.3, 0.4) is 0 Å². The number of nitrogens with two attached hydrogens (primary N) is 1. The first-order valence-corrected chi connectivity index (χ1v) is 6.06. The molecule has 4 nitrogen and oxygen atoms in total. The number of nitrogens with zero attached hydrogens (tertiary/aromatic N) is 2. The van der Waals surface area contributed by atoms with Crippen molar-refractivity contribution in [2.24, 2.45) is 0 Å². The minimum absolute atomic E-state index is 0.343. The van der Waals surface area contributed by atoms with Gasteiger partial charge in [0.15, 0.2) is 0 Å². The molecule has 0 saturated carbocycles. The molecule has 0 amide bonds. The van der Waals surface area contributed by atoms with Gasteiger partial charge in [-0.05, 0) is 48.4 Å². The van der Waals surface area contributed by atoms with E-state index in [0.717, 1.165) is 11.1 Å². The van der Waals surface area contributed by atoms with Gasteiger partial charge in [0.25, 0.3) is 0 Å². The van der Waals surface area contributed by atoms with Crippen molar-refractivity contribution in [1.82, 2.24) is 0 Å². The fourth-order valence-electron chi connectivity index (χ4n) is 1.84. The summed E-state index contributed by atoms with van der Waals surface area (Å²) in [4.78, 5) is 0. The third-order valence-corrected chi connectivity index (χ3v) is 2.98. The third kappa shape index (κ3) is 2.88. The molecule has 0 unspecified atom stereocenters. The SMILES string of the molecule is Cc1cc(C#N)ccc1COc1ccc(N)cc1C#N. The Morgan fingerprint density at radius 1 is 1.10 bits per heavy atom. The maximum Gasteiger partial charge on any atom is 0.137 e. The van der Waals surface area contributed by atoms with Crippen LogP contribution >= 0.6 is 0 Å². The Bertz CT molecular complexity index is 723. The second-order valence-corrected chi connectivity index (χ2v) is 4.41. The van der Waals surface area contributed by atoms with E-state index < -0.39 is 0 Å². The number of anilines is 1. The lowest BCUT2D eigenvalue weighted by Crippen LogP contribution is -2.00. The number of hydrogen-bond acceptors (Lipinski definition) is 4. The number of rotatable bonds is 3. The van der Waals surface area contributed by atoms with Crippen molar-refractivity contribution in [2.45, 2.75) is 13.5 Å². The average Bonchev–Trinajstić information content (AvgIpc) is 2.46. The molecule has 2 aromatic carbocycles. The molecule has 0 spiro atoms. The second kappa shape index (κ2) is 5.77. The second-order valence-electron chi connectivity index (χ2n) is 4.41. The van der Waals surface area contributed by atoms with Gasteiger partial charge in [0.05, 0.1) is 17.2 Å². The number of ether oxygens (including phenoxy) is 1. The highest BCUT2D eigenvalue weighted by Gasteiger charge is 2.06. The van der Waals surface area contributed by atoms with Crippen LogP contribution in [0.15, 0.2) is 36.4 Å². The Morgan fingerprint density at radius 2 is 1.90 bits per heavy atom. The van der Waals surface area contributed by atoms with Crippen LogP contribution in [0.4, 0.5) is 5.69 Å². The summed E-state index contributed by atoms with van der Waals surface area (Å²) < 4.78 is 5.66. The molecular formula is C16H13N3O. The molecule has 0 saturated heterocycles. The predicted molar refractivity (Wildman–Crippen MR) is 75.8 cm³/mol. The molecule has 0 atom stereocenters. The lowest BCUT2D eigenvalue weighted by Gasteiger charge is -2.10. The van der Waals surface area contributed by atoms with E-state index in [1.54, 1.807) is 24.3 Å². The normalized spacial score (nSPS) is 9.55. The molecule has 0 aliphatic rings. The van der Waals surface area contributed by atoms with Gasteiger partial charge in [-0.25, -0.2) is 0 Å². The molecule has 0 aliphatic heterocycles. The van der Waals surface area contributed by atoms with E-state index in [1.807, 2.05) is 19.1 Å². The number of nitriles is 2. The van der Waals surface area contributed by atoms with Gasteiger partial charge in [-0.15, -0.1) is 0 Å². The molecule has 2 rings (SSSR count). The lowest BCUT2D eigenvalue weighted by molar-refractivity contribution is 0.304. The molecule has 20 heavy (non-hydrogen) atoms. The summed E-state index contributed by atoms with van der Waals surface area (Å²) in [5, 5.41) is 17.9. The summed E-state index contributed by atoms with van der Waals surface area (Å²) in [5.41, 5.74) is 9.16. The van der Waals surface area contributed by atoms with Gasteiger partial charge in [0.1, 0.15) is 18.4 Å². The monoisotopic (exact) mass is 263 g/mol. The van der Waals surface area contributed by atoms with Gasteiger partial charge >= 0.3 is 0 Å². The lowest BCUT2D eigenvalue weighted by atomic mass is 10.1. The number of aryl methyl sites for hydroxylation is 1. The Balaban J connectivity index is 2.18. The summed E-state index contributed by atoms with van der Waals surface area (Å²) in [5.74, 6) is 0.505. The molecule has 0 bridgehead atoms. The van der Waals surface area contributed by atoms with Crippen LogP contribution in [-0.4, -0.2) is 0 Å².